The third kappa shape index (κ3) is 4.57. The van der Waals surface area contributed by atoms with Gasteiger partial charge in [-0.3, -0.25) is 5.32 Å². The number of carbonyl (C=O) groups is 2. The molecule has 0 spiro atoms. The van der Waals surface area contributed by atoms with Crippen LogP contribution >= 0.6 is 0 Å². The van der Waals surface area contributed by atoms with Crippen LogP contribution in [0.15, 0.2) is 24.3 Å². The van der Waals surface area contributed by atoms with Crippen molar-refractivity contribution in [2.45, 2.75) is 0 Å². The number of ether oxygens (including phenoxy) is 2. The molecule has 2 amide bonds. The largest absolute Gasteiger partial charge is 0.436 e. The molecule has 6 heteroatoms. The summed E-state index contributed by atoms with van der Waals surface area (Å²) in [4.78, 5) is 21.7. The van der Waals surface area contributed by atoms with E-state index in [4.69, 9.17) is 12.2 Å². The van der Waals surface area contributed by atoms with E-state index in [0.717, 1.165) is 0 Å². The summed E-state index contributed by atoms with van der Waals surface area (Å²) < 4.78 is 9.23. The number of benzene rings is 1. The second-order valence-electron chi connectivity index (χ2n) is 2.85. The molecule has 0 bridgehead atoms. The summed E-state index contributed by atoms with van der Waals surface area (Å²) in [6.07, 6.45) is 3.29. The highest BCUT2D eigenvalue weighted by molar-refractivity contribution is 5.85. The molecule has 3 N–H and O–H groups in total. The smallest absolute Gasteiger partial charge is 0.412 e. The molecule has 0 aliphatic carbocycles. The number of terminal acetylenes is 1. The fraction of sp³-hybridized carbons (Fsp3) is 0.0909. The Morgan fingerprint density at radius 2 is 2.24 bits per heavy atom. The molecule has 1 rings (SSSR count). The van der Waals surface area contributed by atoms with E-state index in [1.54, 1.807) is 12.1 Å². The maximum absolute atomic E-state index is 11.1. The monoisotopic (exact) mass is 234 g/mol. The highest BCUT2D eigenvalue weighted by Gasteiger charge is 2.04. The Hall–Kier alpha value is -2.68. The minimum Gasteiger partial charge on any atom is -0.436 e. The van der Waals surface area contributed by atoms with Crippen molar-refractivity contribution < 1.29 is 19.1 Å². The van der Waals surface area contributed by atoms with E-state index in [1.807, 2.05) is 0 Å². The topological polar surface area (TPSA) is 90.7 Å². The summed E-state index contributed by atoms with van der Waals surface area (Å²) in [6.45, 7) is -0.122. The van der Waals surface area contributed by atoms with Crippen LogP contribution in [-0.2, 0) is 4.74 Å². The average Bonchev–Trinajstić information content (AvgIpc) is 2.26. The first-order valence-corrected chi connectivity index (χ1v) is 4.56. The number of amides is 2. The number of anilines is 1. The Balaban J connectivity index is 2.62. The molecule has 0 aliphatic heterocycles. The van der Waals surface area contributed by atoms with Crippen LogP contribution in [0.25, 0.3) is 0 Å². The van der Waals surface area contributed by atoms with Gasteiger partial charge in [-0.05, 0) is 12.1 Å². The molecule has 0 heterocycles. The lowest BCUT2D eigenvalue weighted by atomic mass is 10.3. The van der Waals surface area contributed by atoms with E-state index in [-0.39, 0.29) is 12.4 Å². The standard InChI is InChI=1S/C11H10N2O4/c1-2-6-16-11(15)13-8-4-3-5-9(7-8)17-10(12)14/h1,3-5,7H,6H2,(H2,12,14)(H,13,15). The Morgan fingerprint density at radius 3 is 2.88 bits per heavy atom. The Morgan fingerprint density at radius 1 is 1.47 bits per heavy atom. The van der Waals surface area contributed by atoms with Gasteiger partial charge >= 0.3 is 12.2 Å². The lowest BCUT2D eigenvalue weighted by Gasteiger charge is -2.06. The second kappa shape index (κ2) is 6.02. The number of nitrogens with one attached hydrogen (secondary N) is 1. The number of nitrogens with two attached hydrogens (primary N) is 1. The van der Waals surface area contributed by atoms with E-state index >= 15 is 0 Å². The summed E-state index contributed by atoms with van der Waals surface area (Å²) in [6, 6.07) is 6.10. The molecule has 0 aromatic heterocycles. The van der Waals surface area contributed by atoms with E-state index in [0.29, 0.717) is 5.69 Å². The molecule has 6 nitrogen and oxygen atoms in total. The molecule has 17 heavy (non-hydrogen) atoms. The zero-order valence-electron chi connectivity index (χ0n) is 8.80. The summed E-state index contributed by atoms with van der Waals surface area (Å²) >= 11 is 0. The first kappa shape index (κ1) is 12.4. The predicted molar refractivity (Wildman–Crippen MR) is 60.5 cm³/mol. The predicted octanol–water partition coefficient (Wildman–Crippen LogP) is 1.33. The lowest BCUT2D eigenvalue weighted by molar-refractivity contribution is 0.176. The van der Waals surface area contributed by atoms with Crippen LogP contribution in [0.3, 0.4) is 0 Å². The highest BCUT2D eigenvalue weighted by atomic mass is 16.6. The van der Waals surface area contributed by atoms with Crippen LogP contribution in [0, 0.1) is 12.3 Å². The molecule has 0 saturated heterocycles. The fourth-order valence-electron chi connectivity index (χ4n) is 1.01. The minimum atomic E-state index is -0.933. The van der Waals surface area contributed by atoms with Crippen LogP contribution in [0.5, 0.6) is 5.75 Å². The van der Waals surface area contributed by atoms with Crippen molar-refractivity contribution in [3.63, 3.8) is 0 Å². The summed E-state index contributed by atoms with van der Waals surface area (Å²) in [5, 5.41) is 2.40. The van der Waals surface area contributed by atoms with Crippen molar-refractivity contribution in [3.8, 4) is 18.1 Å². The number of hydrogen-bond donors (Lipinski definition) is 2. The lowest BCUT2D eigenvalue weighted by Crippen LogP contribution is -2.17. The maximum Gasteiger partial charge on any atom is 0.412 e. The summed E-state index contributed by atoms with van der Waals surface area (Å²) in [7, 11) is 0. The van der Waals surface area contributed by atoms with Gasteiger partial charge in [0.25, 0.3) is 0 Å². The highest BCUT2D eigenvalue weighted by Crippen LogP contribution is 2.17. The molecule has 0 aliphatic rings. The molecule has 1 aromatic rings. The Bertz CT molecular complexity index is 465. The van der Waals surface area contributed by atoms with Crippen LogP contribution in [-0.4, -0.2) is 18.8 Å². The van der Waals surface area contributed by atoms with Gasteiger partial charge in [0.2, 0.25) is 0 Å². The first-order valence-electron chi connectivity index (χ1n) is 4.56. The van der Waals surface area contributed by atoms with Crippen molar-refractivity contribution in [1.29, 1.82) is 0 Å². The van der Waals surface area contributed by atoms with Crippen LogP contribution < -0.4 is 15.8 Å². The zero-order valence-corrected chi connectivity index (χ0v) is 8.80. The molecule has 0 fully saturated rings. The third-order valence-electron chi connectivity index (χ3n) is 1.59. The number of hydrogen-bond acceptors (Lipinski definition) is 4. The zero-order chi connectivity index (χ0) is 12.7. The molecule has 0 saturated carbocycles. The van der Waals surface area contributed by atoms with E-state index in [9.17, 15) is 9.59 Å². The molecule has 1 aromatic carbocycles. The van der Waals surface area contributed by atoms with Crippen molar-refractivity contribution in [3.05, 3.63) is 24.3 Å². The Kier molecular flexibility index (Phi) is 4.39. The quantitative estimate of drug-likeness (QED) is 0.772. The molecule has 0 radical (unpaired) electrons. The van der Waals surface area contributed by atoms with Gasteiger partial charge in [0.05, 0.1) is 0 Å². The van der Waals surface area contributed by atoms with Crippen molar-refractivity contribution in [2.75, 3.05) is 11.9 Å². The van der Waals surface area contributed by atoms with Gasteiger partial charge in [-0.1, -0.05) is 12.0 Å². The number of carbonyl (C=O) groups excluding carboxylic acids is 2. The molecule has 88 valence electrons. The van der Waals surface area contributed by atoms with Gasteiger partial charge in [0.15, 0.2) is 6.61 Å². The normalized spacial score (nSPS) is 8.88. The van der Waals surface area contributed by atoms with Crippen LogP contribution in [0.1, 0.15) is 0 Å². The number of primary amides is 1. The first-order chi connectivity index (χ1) is 8.11. The van der Waals surface area contributed by atoms with Crippen molar-refractivity contribution in [1.82, 2.24) is 0 Å². The molecule has 0 unspecified atom stereocenters. The van der Waals surface area contributed by atoms with Gasteiger partial charge in [-0.15, -0.1) is 6.42 Å². The van der Waals surface area contributed by atoms with Crippen LogP contribution in [0.2, 0.25) is 0 Å². The Labute approximate surface area is 97.7 Å². The molecular formula is C11H10N2O4. The van der Waals surface area contributed by atoms with Crippen LogP contribution in [0.4, 0.5) is 15.3 Å². The SMILES string of the molecule is C#CCOC(=O)Nc1cccc(OC(N)=O)c1. The summed E-state index contributed by atoms with van der Waals surface area (Å²) in [5.74, 6) is 2.37. The van der Waals surface area contributed by atoms with Gasteiger partial charge in [0, 0.05) is 11.8 Å². The molecular weight excluding hydrogens is 224 g/mol. The van der Waals surface area contributed by atoms with Gasteiger partial charge < -0.3 is 15.2 Å². The number of rotatable bonds is 3. The van der Waals surface area contributed by atoms with Crippen molar-refractivity contribution in [2.24, 2.45) is 5.73 Å². The maximum atomic E-state index is 11.1. The van der Waals surface area contributed by atoms with E-state index in [1.165, 1.54) is 12.1 Å². The average molecular weight is 234 g/mol. The third-order valence-corrected chi connectivity index (χ3v) is 1.59. The minimum absolute atomic E-state index is 0.122. The van der Waals surface area contributed by atoms with Gasteiger partial charge in [-0.2, -0.15) is 0 Å². The van der Waals surface area contributed by atoms with E-state index in [2.05, 4.69) is 20.7 Å². The van der Waals surface area contributed by atoms with Crippen molar-refractivity contribution >= 4 is 17.9 Å². The van der Waals surface area contributed by atoms with E-state index < -0.39 is 12.2 Å². The van der Waals surface area contributed by atoms with Gasteiger partial charge in [-0.25, -0.2) is 9.59 Å². The second-order valence-corrected chi connectivity index (χ2v) is 2.85. The fourth-order valence-corrected chi connectivity index (χ4v) is 1.01. The summed E-state index contributed by atoms with van der Waals surface area (Å²) in [5.41, 5.74) is 5.24. The van der Waals surface area contributed by atoms with Gasteiger partial charge in [0.1, 0.15) is 5.75 Å². The molecule has 0 atom stereocenters.